The SMILES string of the molecule is COc1ccc(CCNC(=NCc2nnc(C)n2C)N2CC(C)CC(C)C2)cc1.I. The number of aryl methyl sites for hydroxylation is 1. The predicted octanol–water partition coefficient (Wildman–Crippen LogP) is 3.42. The first-order valence-corrected chi connectivity index (χ1v) is 10.5. The van der Waals surface area contributed by atoms with Gasteiger partial charge in [-0.05, 0) is 49.3 Å². The molecule has 0 bridgehead atoms. The Kier molecular flexibility index (Phi) is 9.38. The Morgan fingerprint density at radius 1 is 1.17 bits per heavy atom. The average molecular weight is 526 g/mol. The van der Waals surface area contributed by atoms with Crippen molar-refractivity contribution in [2.24, 2.45) is 23.9 Å². The van der Waals surface area contributed by atoms with Crippen LogP contribution in [0.2, 0.25) is 0 Å². The monoisotopic (exact) mass is 526 g/mol. The number of hydrogen-bond donors (Lipinski definition) is 1. The standard InChI is InChI=1S/C22H34N6O.HI/c1-16-12-17(2)15-28(14-16)22(24-13-21-26-25-18(3)27(21)4)23-11-10-19-6-8-20(29-5)9-7-19;/h6-9,16-17H,10-15H2,1-5H3,(H,23,24);1H. The molecule has 30 heavy (non-hydrogen) atoms. The molecule has 3 rings (SSSR count). The maximum atomic E-state index is 5.24. The summed E-state index contributed by atoms with van der Waals surface area (Å²) in [6, 6.07) is 8.25. The molecule has 0 saturated carbocycles. The zero-order valence-electron chi connectivity index (χ0n) is 18.8. The number of methoxy groups -OCH3 is 1. The molecule has 1 saturated heterocycles. The Morgan fingerprint density at radius 3 is 2.40 bits per heavy atom. The summed E-state index contributed by atoms with van der Waals surface area (Å²) in [5.74, 6) is 4.99. The molecule has 0 radical (unpaired) electrons. The highest BCUT2D eigenvalue weighted by molar-refractivity contribution is 14.0. The summed E-state index contributed by atoms with van der Waals surface area (Å²) in [6.45, 7) is 10.0. The van der Waals surface area contributed by atoms with Crippen molar-refractivity contribution in [3.05, 3.63) is 41.5 Å². The van der Waals surface area contributed by atoms with Gasteiger partial charge in [0.25, 0.3) is 0 Å². The highest BCUT2D eigenvalue weighted by Gasteiger charge is 2.24. The summed E-state index contributed by atoms with van der Waals surface area (Å²) in [5, 5.41) is 12.0. The molecule has 1 aliphatic rings. The van der Waals surface area contributed by atoms with E-state index < -0.39 is 0 Å². The Balaban J connectivity index is 0.00000320. The number of aliphatic imine (C=N–C) groups is 1. The van der Waals surface area contributed by atoms with Crippen LogP contribution in [0.25, 0.3) is 0 Å². The second kappa shape index (κ2) is 11.5. The van der Waals surface area contributed by atoms with Crippen LogP contribution >= 0.6 is 24.0 Å². The number of piperidine rings is 1. The number of benzene rings is 1. The highest BCUT2D eigenvalue weighted by atomic mass is 127. The topological polar surface area (TPSA) is 67.6 Å². The third kappa shape index (κ3) is 6.58. The van der Waals surface area contributed by atoms with Gasteiger partial charge in [0.15, 0.2) is 11.8 Å². The van der Waals surface area contributed by atoms with Crippen molar-refractivity contribution in [1.29, 1.82) is 0 Å². The molecule has 2 atom stereocenters. The Hall–Kier alpha value is -1.84. The van der Waals surface area contributed by atoms with Crippen molar-refractivity contribution in [3.8, 4) is 5.75 Å². The van der Waals surface area contributed by atoms with Crippen molar-refractivity contribution in [1.82, 2.24) is 25.0 Å². The third-order valence-electron chi connectivity index (χ3n) is 5.58. The Labute approximate surface area is 197 Å². The van der Waals surface area contributed by atoms with E-state index in [4.69, 9.17) is 9.73 Å². The molecule has 0 aliphatic carbocycles. The third-order valence-corrected chi connectivity index (χ3v) is 5.58. The number of rotatable bonds is 6. The van der Waals surface area contributed by atoms with Crippen LogP contribution in [0.5, 0.6) is 5.75 Å². The zero-order valence-corrected chi connectivity index (χ0v) is 21.1. The summed E-state index contributed by atoms with van der Waals surface area (Å²) in [5.41, 5.74) is 1.28. The lowest BCUT2D eigenvalue weighted by molar-refractivity contribution is 0.208. The summed E-state index contributed by atoms with van der Waals surface area (Å²) >= 11 is 0. The van der Waals surface area contributed by atoms with E-state index in [9.17, 15) is 0 Å². The Morgan fingerprint density at radius 2 is 1.83 bits per heavy atom. The average Bonchev–Trinajstić information content (AvgIpc) is 3.02. The second-order valence-corrected chi connectivity index (χ2v) is 8.24. The molecule has 1 aliphatic heterocycles. The van der Waals surface area contributed by atoms with Crippen molar-refractivity contribution >= 4 is 29.9 Å². The van der Waals surface area contributed by atoms with Gasteiger partial charge in [-0.1, -0.05) is 26.0 Å². The van der Waals surface area contributed by atoms with Gasteiger partial charge in [0.05, 0.1) is 7.11 Å². The summed E-state index contributed by atoms with van der Waals surface area (Å²) < 4.78 is 7.24. The lowest BCUT2D eigenvalue weighted by Crippen LogP contribution is -2.49. The number of ether oxygens (including phenoxy) is 1. The number of likely N-dealkylation sites (tertiary alicyclic amines) is 1. The number of hydrogen-bond acceptors (Lipinski definition) is 4. The van der Waals surface area contributed by atoms with E-state index >= 15 is 0 Å². The largest absolute Gasteiger partial charge is 0.497 e. The molecule has 1 aromatic carbocycles. The van der Waals surface area contributed by atoms with Crippen LogP contribution in [0, 0.1) is 18.8 Å². The first-order valence-electron chi connectivity index (χ1n) is 10.5. The summed E-state index contributed by atoms with van der Waals surface area (Å²) in [7, 11) is 3.68. The van der Waals surface area contributed by atoms with E-state index in [1.54, 1.807) is 7.11 Å². The smallest absolute Gasteiger partial charge is 0.194 e. The molecule has 1 aromatic heterocycles. The van der Waals surface area contributed by atoms with E-state index in [1.807, 2.05) is 30.7 Å². The molecule has 1 N–H and O–H groups in total. The number of halogens is 1. The van der Waals surface area contributed by atoms with Crippen molar-refractivity contribution < 1.29 is 4.74 Å². The molecule has 2 aromatic rings. The number of guanidine groups is 1. The molecular weight excluding hydrogens is 491 g/mol. The van der Waals surface area contributed by atoms with Crippen molar-refractivity contribution in [2.75, 3.05) is 26.7 Å². The van der Waals surface area contributed by atoms with Gasteiger partial charge in [0.2, 0.25) is 0 Å². The van der Waals surface area contributed by atoms with Crippen LogP contribution in [-0.4, -0.2) is 52.4 Å². The molecular formula is C22H35IN6O. The van der Waals surface area contributed by atoms with Gasteiger partial charge >= 0.3 is 0 Å². The molecule has 1 fully saturated rings. The van der Waals surface area contributed by atoms with Gasteiger partial charge in [0.1, 0.15) is 18.1 Å². The van der Waals surface area contributed by atoms with Crippen molar-refractivity contribution in [3.63, 3.8) is 0 Å². The maximum Gasteiger partial charge on any atom is 0.194 e. The van der Waals surface area contributed by atoms with Crippen LogP contribution in [-0.2, 0) is 20.0 Å². The molecule has 7 nitrogen and oxygen atoms in total. The molecule has 0 amide bonds. The van der Waals surface area contributed by atoms with Gasteiger partial charge in [-0.25, -0.2) is 4.99 Å². The van der Waals surface area contributed by atoms with E-state index in [1.165, 1.54) is 12.0 Å². The maximum absolute atomic E-state index is 5.24. The van der Waals surface area contributed by atoms with Crippen LogP contribution in [0.4, 0.5) is 0 Å². The quantitative estimate of drug-likeness (QED) is 0.355. The molecule has 166 valence electrons. The van der Waals surface area contributed by atoms with Gasteiger partial charge in [-0.3, -0.25) is 0 Å². The molecule has 2 unspecified atom stereocenters. The minimum Gasteiger partial charge on any atom is -0.497 e. The fraction of sp³-hybridized carbons (Fsp3) is 0.591. The fourth-order valence-corrected chi connectivity index (χ4v) is 3.95. The minimum absolute atomic E-state index is 0. The zero-order chi connectivity index (χ0) is 20.8. The van der Waals surface area contributed by atoms with Gasteiger partial charge in [-0.15, -0.1) is 34.2 Å². The van der Waals surface area contributed by atoms with Gasteiger partial charge in [0, 0.05) is 26.7 Å². The normalized spacial score (nSPS) is 19.4. The van der Waals surface area contributed by atoms with Crippen molar-refractivity contribution in [2.45, 2.75) is 40.2 Å². The fourth-order valence-electron chi connectivity index (χ4n) is 3.95. The minimum atomic E-state index is 0. The van der Waals surface area contributed by atoms with Gasteiger partial charge < -0.3 is 19.5 Å². The van der Waals surface area contributed by atoms with Crippen LogP contribution in [0.15, 0.2) is 29.3 Å². The number of aromatic nitrogens is 3. The molecule has 0 spiro atoms. The molecule has 8 heteroatoms. The van der Waals surface area contributed by atoms with Crippen LogP contribution in [0.1, 0.15) is 37.5 Å². The van der Waals surface area contributed by atoms with E-state index in [-0.39, 0.29) is 24.0 Å². The van der Waals surface area contributed by atoms with Gasteiger partial charge in [-0.2, -0.15) is 0 Å². The first-order chi connectivity index (χ1) is 14.0. The predicted molar refractivity (Wildman–Crippen MR) is 132 cm³/mol. The van der Waals surface area contributed by atoms with E-state index in [2.05, 4.69) is 46.4 Å². The van der Waals surface area contributed by atoms with E-state index in [0.29, 0.717) is 18.4 Å². The summed E-state index contributed by atoms with van der Waals surface area (Å²) in [6.07, 6.45) is 2.21. The first kappa shape index (κ1) is 24.4. The van der Waals surface area contributed by atoms with Crippen LogP contribution in [0.3, 0.4) is 0 Å². The molecule has 2 heterocycles. The highest BCUT2D eigenvalue weighted by Crippen LogP contribution is 2.21. The number of nitrogens with zero attached hydrogens (tertiary/aromatic N) is 5. The Bertz CT molecular complexity index is 810. The van der Waals surface area contributed by atoms with Crippen LogP contribution < -0.4 is 10.1 Å². The lowest BCUT2D eigenvalue weighted by Gasteiger charge is -2.37. The van der Waals surface area contributed by atoms with E-state index in [0.717, 1.165) is 49.4 Å². The lowest BCUT2D eigenvalue weighted by atomic mass is 9.92. The summed E-state index contributed by atoms with van der Waals surface area (Å²) in [4.78, 5) is 7.31. The number of nitrogens with one attached hydrogen (secondary N) is 1. The second-order valence-electron chi connectivity index (χ2n) is 8.24.